The number of aromatic nitrogens is 1. The first-order valence-electron chi connectivity index (χ1n) is 7.03. The third-order valence-electron chi connectivity index (χ3n) is 3.66. The normalized spacial score (nSPS) is 17.3. The molecule has 1 aliphatic heterocycles. The van der Waals surface area contributed by atoms with Gasteiger partial charge in [0.15, 0.2) is 5.13 Å². The highest BCUT2D eigenvalue weighted by molar-refractivity contribution is 7.13. The molecule has 0 radical (unpaired) electrons. The van der Waals surface area contributed by atoms with Gasteiger partial charge in [-0.3, -0.25) is 9.59 Å². The number of carbonyl (C=O) groups excluding carboxylic acids is 2. The maximum absolute atomic E-state index is 12.7. The van der Waals surface area contributed by atoms with E-state index in [1.807, 2.05) is 0 Å². The van der Waals surface area contributed by atoms with Crippen LogP contribution in [0.5, 0.6) is 0 Å². The lowest BCUT2D eigenvalue weighted by atomic mass is 10.1. The van der Waals surface area contributed by atoms with Crippen LogP contribution in [0, 0.1) is 0 Å². The molecule has 1 N–H and O–H groups in total. The molecule has 1 saturated heterocycles. The van der Waals surface area contributed by atoms with E-state index in [2.05, 4.69) is 10.3 Å². The Bertz CT molecular complexity index is 736. The van der Waals surface area contributed by atoms with Gasteiger partial charge in [0.25, 0.3) is 5.91 Å². The number of nitrogens with zero attached hydrogens (tertiary/aromatic N) is 2. The van der Waals surface area contributed by atoms with Crippen LogP contribution < -0.4 is 5.32 Å². The first-order chi connectivity index (χ1) is 11.1. The van der Waals surface area contributed by atoms with Crippen molar-refractivity contribution >= 4 is 51.5 Å². The molecule has 120 valence electrons. The minimum atomic E-state index is -0.526. The van der Waals surface area contributed by atoms with Gasteiger partial charge in [0.2, 0.25) is 5.91 Å². The lowest BCUT2D eigenvalue weighted by molar-refractivity contribution is -0.119. The Morgan fingerprint density at radius 1 is 1.35 bits per heavy atom. The topological polar surface area (TPSA) is 62.3 Å². The van der Waals surface area contributed by atoms with Crippen LogP contribution >= 0.6 is 34.5 Å². The number of halogens is 2. The molecule has 0 bridgehead atoms. The Morgan fingerprint density at radius 3 is 2.91 bits per heavy atom. The van der Waals surface area contributed by atoms with Crippen LogP contribution in [0.15, 0.2) is 29.8 Å². The molecule has 2 amide bonds. The number of likely N-dealkylation sites (tertiary alicyclic amines) is 1. The number of hydrogen-bond donors (Lipinski definition) is 1. The largest absolute Gasteiger partial charge is 0.327 e. The van der Waals surface area contributed by atoms with Crippen molar-refractivity contribution in [1.29, 1.82) is 0 Å². The van der Waals surface area contributed by atoms with E-state index >= 15 is 0 Å². The van der Waals surface area contributed by atoms with Crippen molar-refractivity contribution in [2.45, 2.75) is 18.9 Å². The minimum Gasteiger partial charge on any atom is -0.327 e. The van der Waals surface area contributed by atoms with Crippen LogP contribution in [0.1, 0.15) is 23.2 Å². The maximum Gasteiger partial charge on any atom is 0.256 e. The van der Waals surface area contributed by atoms with Gasteiger partial charge in [-0.25, -0.2) is 4.98 Å². The second kappa shape index (κ2) is 6.86. The summed E-state index contributed by atoms with van der Waals surface area (Å²) in [6.07, 6.45) is 2.99. The van der Waals surface area contributed by atoms with E-state index in [4.69, 9.17) is 23.2 Å². The lowest BCUT2D eigenvalue weighted by Crippen LogP contribution is -2.43. The zero-order valence-electron chi connectivity index (χ0n) is 12.0. The summed E-state index contributed by atoms with van der Waals surface area (Å²) in [5.74, 6) is -0.516. The summed E-state index contributed by atoms with van der Waals surface area (Å²) in [7, 11) is 0. The fourth-order valence-corrected chi connectivity index (χ4v) is 3.49. The summed E-state index contributed by atoms with van der Waals surface area (Å²) < 4.78 is 0. The number of rotatable bonds is 3. The van der Waals surface area contributed by atoms with Gasteiger partial charge in [-0.15, -0.1) is 11.3 Å². The van der Waals surface area contributed by atoms with E-state index in [-0.39, 0.29) is 16.8 Å². The maximum atomic E-state index is 12.7. The van der Waals surface area contributed by atoms with Gasteiger partial charge in [-0.2, -0.15) is 0 Å². The van der Waals surface area contributed by atoms with E-state index in [1.54, 1.807) is 34.7 Å². The molecule has 5 nitrogen and oxygen atoms in total. The van der Waals surface area contributed by atoms with Gasteiger partial charge in [0, 0.05) is 18.1 Å². The van der Waals surface area contributed by atoms with Crippen molar-refractivity contribution in [2.75, 3.05) is 11.9 Å². The molecule has 3 rings (SSSR count). The monoisotopic (exact) mass is 369 g/mol. The molecule has 1 unspecified atom stereocenters. The predicted octanol–water partition coefficient (Wildman–Crippen LogP) is 3.69. The molecule has 1 atom stereocenters. The Labute approximate surface area is 147 Å². The summed E-state index contributed by atoms with van der Waals surface area (Å²) in [6.45, 7) is 0.512. The molecule has 1 fully saturated rings. The molecule has 2 heterocycles. The lowest BCUT2D eigenvalue weighted by Gasteiger charge is -2.24. The highest BCUT2D eigenvalue weighted by atomic mass is 35.5. The van der Waals surface area contributed by atoms with Gasteiger partial charge < -0.3 is 10.2 Å². The smallest absolute Gasteiger partial charge is 0.256 e. The molecule has 0 aliphatic carbocycles. The van der Waals surface area contributed by atoms with Crippen LogP contribution in [0.2, 0.25) is 10.0 Å². The number of anilines is 1. The standard InChI is InChI=1S/C15H13Cl2N3O2S/c16-10-4-1-3-9(12(10)17)14(22)20-7-2-5-11(20)13(21)19-15-18-6-8-23-15/h1,3-4,6,8,11H,2,5,7H2,(H,18,19,21). The van der Waals surface area contributed by atoms with Crippen LogP contribution in [-0.4, -0.2) is 34.3 Å². The average molecular weight is 370 g/mol. The number of benzene rings is 1. The fourth-order valence-electron chi connectivity index (χ4n) is 2.58. The van der Waals surface area contributed by atoms with E-state index in [0.717, 1.165) is 6.42 Å². The van der Waals surface area contributed by atoms with Gasteiger partial charge >= 0.3 is 0 Å². The first kappa shape index (κ1) is 16.2. The molecular formula is C15H13Cl2N3O2S. The highest BCUT2D eigenvalue weighted by Crippen LogP contribution is 2.29. The SMILES string of the molecule is O=C(Nc1nccs1)C1CCCN1C(=O)c1cccc(Cl)c1Cl. The number of carbonyl (C=O) groups is 2. The molecule has 1 aromatic carbocycles. The summed E-state index contributed by atoms with van der Waals surface area (Å²) in [6, 6.07) is 4.38. The van der Waals surface area contributed by atoms with Gasteiger partial charge in [-0.1, -0.05) is 29.3 Å². The zero-order chi connectivity index (χ0) is 16.4. The number of thiazole rings is 1. The fraction of sp³-hybridized carbons (Fsp3) is 0.267. The Morgan fingerprint density at radius 2 is 2.17 bits per heavy atom. The van der Waals surface area contributed by atoms with Crippen LogP contribution in [0.4, 0.5) is 5.13 Å². The van der Waals surface area contributed by atoms with Gasteiger partial charge in [0.1, 0.15) is 6.04 Å². The summed E-state index contributed by atoms with van der Waals surface area (Å²) in [5, 5.41) is 5.57. The quantitative estimate of drug-likeness (QED) is 0.896. The van der Waals surface area contributed by atoms with E-state index in [9.17, 15) is 9.59 Å². The van der Waals surface area contributed by atoms with Crippen molar-refractivity contribution in [2.24, 2.45) is 0 Å². The van der Waals surface area contributed by atoms with Crippen molar-refractivity contribution in [1.82, 2.24) is 9.88 Å². The van der Waals surface area contributed by atoms with E-state index in [1.165, 1.54) is 11.3 Å². The van der Waals surface area contributed by atoms with Crippen molar-refractivity contribution in [3.63, 3.8) is 0 Å². The average Bonchev–Trinajstić information content (AvgIpc) is 3.20. The highest BCUT2D eigenvalue weighted by Gasteiger charge is 2.35. The summed E-state index contributed by atoms with van der Waals surface area (Å²) in [5.41, 5.74) is 0.313. The Balaban J connectivity index is 1.79. The van der Waals surface area contributed by atoms with Crippen molar-refractivity contribution in [3.05, 3.63) is 45.4 Å². The Hall–Kier alpha value is -1.63. The van der Waals surface area contributed by atoms with Gasteiger partial charge in [-0.05, 0) is 25.0 Å². The number of hydrogen-bond acceptors (Lipinski definition) is 4. The molecule has 1 aliphatic rings. The van der Waals surface area contributed by atoms with Crippen molar-refractivity contribution in [3.8, 4) is 0 Å². The predicted molar refractivity (Wildman–Crippen MR) is 91.3 cm³/mol. The molecule has 23 heavy (non-hydrogen) atoms. The van der Waals surface area contributed by atoms with Crippen LogP contribution in [0.25, 0.3) is 0 Å². The van der Waals surface area contributed by atoms with Crippen LogP contribution in [0.3, 0.4) is 0 Å². The first-order valence-corrected chi connectivity index (χ1v) is 8.67. The van der Waals surface area contributed by atoms with Crippen LogP contribution in [-0.2, 0) is 4.79 Å². The molecule has 0 saturated carbocycles. The number of amides is 2. The molecule has 2 aromatic rings. The summed E-state index contributed by atoms with van der Waals surface area (Å²) >= 11 is 13.4. The number of nitrogens with one attached hydrogen (secondary N) is 1. The molecule has 1 aromatic heterocycles. The molecule has 8 heteroatoms. The van der Waals surface area contributed by atoms with Gasteiger partial charge in [0.05, 0.1) is 15.6 Å². The molecular weight excluding hydrogens is 357 g/mol. The zero-order valence-corrected chi connectivity index (χ0v) is 14.3. The minimum absolute atomic E-state index is 0.213. The van der Waals surface area contributed by atoms with Crippen molar-refractivity contribution < 1.29 is 9.59 Å². The van der Waals surface area contributed by atoms with E-state index in [0.29, 0.717) is 28.7 Å². The second-order valence-electron chi connectivity index (χ2n) is 5.08. The second-order valence-corrected chi connectivity index (χ2v) is 6.76. The Kier molecular flexibility index (Phi) is 4.84. The third-order valence-corrected chi connectivity index (χ3v) is 5.17. The third kappa shape index (κ3) is 3.34. The van der Waals surface area contributed by atoms with E-state index < -0.39 is 6.04 Å². The molecule has 0 spiro atoms. The summed E-state index contributed by atoms with van der Waals surface area (Å²) in [4.78, 5) is 30.7.